The van der Waals surface area contributed by atoms with Gasteiger partial charge in [0, 0.05) is 22.2 Å². The Kier molecular flexibility index (Phi) is 8.03. The Morgan fingerprint density at radius 1 is 1.26 bits per heavy atom. The summed E-state index contributed by atoms with van der Waals surface area (Å²) in [4.78, 5) is 40.0. The third-order valence-electron chi connectivity index (χ3n) is 2.93. The van der Waals surface area contributed by atoms with E-state index < -0.39 is 12.1 Å². The SMILES string of the molecule is CSc1ccc(C(=O)NCc2nc(C)cc(=O)[nH]2)cc1.O=C(O)C(F)(F)F. The van der Waals surface area contributed by atoms with E-state index in [9.17, 15) is 22.8 Å². The van der Waals surface area contributed by atoms with Gasteiger partial charge in [-0.2, -0.15) is 13.2 Å². The molecule has 0 atom stereocenters. The number of hydrogen-bond acceptors (Lipinski definition) is 5. The highest BCUT2D eigenvalue weighted by Crippen LogP contribution is 2.15. The smallest absolute Gasteiger partial charge is 0.475 e. The fraction of sp³-hybridized carbons (Fsp3) is 0.250. The van der Waals surface area contributed by atoms with Gasteiger partial charge in [0.2, 0.25) is 0 Å². The minimum absolute atomic E-state index is 0.193. The molecule has 1 amide bonds. The molecule has 0 radical (unpaired) electrons. The number of rotatable bonds is 4. The number of aliphatic carboxylic acids is 1. The van der Waals surface area contributed by atoms with Crippen molar-refractivity contribution in [3.05, 3.63) is 57.8 Å². The van der Waals surface area contributed by atoms with E-state index in [1.807, 2.05) is 18.4 Å². The Morgan fingerprint density at radius 2 is 1.81 bits per heavy atom. The predicted molar refractivity (Wildman–Crippen MR) is 92.7 cm³/mol. The Labute approximate surface area is 156 Å². The van der Waals surface area contributed by atoms with Crippen LogP contribution >= 0.6 is 11.8 Å². The topological polar surface area (TPSA) is 112 Å². The number of carboxylic acids is 1. The highest BCUT2D eigenvalue weighted by molar-refractivity contribution is 7.98. The number of aromatic amines is 1. The maximum atomic E-state index is 11.9. The molecule has 1 aromatic heterocycles. The average molecular weight is 403 g/mol. The number of alkyl halides is 3. The minimum atomic E-state index is -5.08. The van der Waals surface area contributed by atoms with E-state index in [-0.39, 0.29) is 18.0 Å². The number of hydrogen-bond donors (Lipinski definition) is 3. The molecular formula is C16H16F3N3O4S. The van der Waals surface area contributed by atoms with Crippen LogP contribution in [0, 0.1) is 6.92 Å². The standard InChI is InChI=1S/C14H15N3O2S.C2HF3O2/c1-9-7-13(18)17-12(16-9)8-15-14(19)10-3-5-11(20-2)6-4-10;3-2(4,5)1(6)7/h3-7H,8H2,1-2H3,(H,15,19)(H,16,17,18);(H,6,7). The number of nitrogens with zero attached hydrogens (tertiary/aromatic N) is 1. The highest BCUT2D eigenvalue weighted by atomic mass is 32.2. The van der Waals surface area contributed by atoms with Crippen LogP contribution in [0.2, 0.25) is 0 Å². The summed E-state index contributed by atoms with van der Waals surface area (Å²) in [6.07, 6.45) is -3.10. The molecule has 27 heavy (non-hydrogen) atoms. The summed E-state index contributed by atoms with van der Waals surface area (Å²) in [5.41, 5.74) is 0.992. The van der Waals surface area contributed by atoms with Gasteiger partial charge in [0.25, 0.3) is 11.5 Å². The van der Waals surface area contributed by atoms with Crippen molar-refractivity contribution in [2.75, 3.05) is 6.26 Å². The van der Waals surface area contributed by atoms with Crippen molar-refractivity contribution in [2.24, 2.45) is 0 Å². The van der Waals surface area contributed by atoms with E-state index in [1.165, 1.54) is 6.07 Å². The number of nitrogens with one attached hydrogen (secondary N) is 2. The van der Waals surface area contributed by atoms with Crippen LogP contribution in [0.3, 0.4) is 0 Å². The number of aryl methyl sites for hydroxylation is 1. The zero-order valence-corrected chi connectivity index (χ0v) is 15.1. The molecular weight excluding hydrogens is 387 g/mol. The van der Waals surface area contributed by atoms with Crippen LogP contribution in [0.15, 0.2) is 40.0 Å². The zero-order valence-electron chi connectivity index (χ0n) is 14.3. The number of amides is 1. The molecule has 0 saturated heterocycles. The Bertz CT molecular complexity index is 851. The molecule has 1 aromatic carbocycles. The van der Waals surface area contributed by atoms with Crippen LogP contribution in [0.25, 0.3) is 0 Å². The first kappa shape index (κ1) is 22.2. The third kappa shape index (κ3) is 7.94. The van der Waals surface area contributed by atoms with Crippen LogP contribution in [0.5, 0.6) is 0 Å². The molecule has 0 unspecified atom stereocenters. The lowest BCUT2D eigenvalue weighted by atomic mass is 10.2. The zero-order chi connectivity index (χ0) is 20.6. The van der Waals surface area contributed by atoms with Crippen LogP contribution in [-0.2, 0) is 11.3 Å². The fourth-order valence-corrected chi connectivity index (χ4v) is 2.14. The van der Waals surface area contributed by atoms with Gasteiger partial charge in [-0.15, -0.1) is 11.8 Å². The first-order valence-corrected chi connectivity index (χ1v) is 8.54. The molecule has 2 aromatic rings. The Morgan fingerprint density at radius 3 is 2.26 bits per heavy atom. The molecule has 0 aliphatic rings. The number of H-pyrrole nitrogens is 1. The molecule has 146 valence electrons. The van der Waals surface area contributed by atoms with E-state index in [4.69, 9.17) is 9.90 Å². The summed E-state index contributed by atoms with van der Waals surface area (Å²) in [7, 11) is 0. The monoisotopic (exact) mass is 403 g/mol. The normalized spacial score (nSPS) is 10.6. The van der Waals surface area contributed by atoms with Crippen molar-refractivity contribution in [1.29, 1.82) is 0 Å². The molecule has 2 rings (SSSR count). The van der Waals surface area contributed by atoms with Crippen LogP contribution in [-0.4, -0.2) is 39.4 Å². The van der Waals surface area contributed by atoms with Crippen LogP contribution in [0.1, 0.15) is 21.9 Å². The molecule has 7 nitrogen and oxygen atoms in total. The van der Waals surface area contributed by atoms with Gasteiger partial charge in [-0.25, -0.2) is 9.78 Å². The molecule has 3 N–H and O–H groups in total. The second-order valence-corrected chi connectivity index (χ2v) is 5.93. The van der Waals surface area contributed by atoms with Crippen molar-refractivity contribution < 1.29 is 27.9 Å². The molecule has 0 aliphatic carbocycles. The Hall–Kier alpha value is -2.82. The largest absolute Gasteiger partial charge is 0.490 e. The number of carboxylic acid groups (broad SMARTS) is 1. The van der Waals surface area contributed by atoms with E-state index in [0.717, 1.165) is 4.90 Å². The summed E-state index contributed by atoms with van der Waals surface area (Å²) in [5, 5.41) is 9.85. The summed E-state index contributed by atoms with van der Waals surface area (Å²) in [6, 6.07) is 8.74. The van der Waals surface area contributed by atoms with E-state index in [2.05, 4.69) is 15.3 Å². The summed E-state index contributed by atoms with van der Waals surface area (Å²) >= 11 is 1.62. The maximum absolute atomic E-state index is 11.9. The molecule has 0 spiro atoms. The highest BCUT2D eigenvalue weighted by Gasteiger charge is 2.38. The van der Waals surface area contributed by atoms with Crippen molar-refractivity contribution in [3.8, 4) is 0 Å². The molecule has 1 heterocycles. The number of aromatic nitrogens is 2. The lowest BCUT2D eigenvalue weighted by Gasteiger charge is -2.06. The second kappa shape index (κ2) is 9.76. The number of carbonyl (C=O) groups excluding carboxylic acids is 1. The molecule has 0 bridgehead atoms. The summed E-state index contributed by atoms with van der Waals surface area (Å²) < 4.78 is 31.7. The number of carbonyl (C=O) groups is 2. The van der Waals surface area contributed by atoms with Crippen LogP contribution in [0.4, 0.5) is 13.2 Å². The number of thioether (sulfide) groups is 1. The first-order valence-electron chi connectivity index (χ1n) is 7.32. The molecule has 0 fully saturated rings. The van der Waals surface area contributed by atoms with Crippen molar-refractivity contribution in [2.45, 2.75) is 24.5 Å². The summed E-state index contributed by atoms with van der Waals surface area (Å²) in [6.45, 7) is 1.93. The Balaban J connectivity index is 0.000000445. The lowest BCUT2D eigenvalue weighted by Crippen LogP contribution is -2.25. The van der Waals surface area contributed by atoms with Crippen LogP contribution < -0.4 is 10.9 Å². The van der Waals surface area contributed by atoms with E-state index in [0.29, 0.717) is 17.1 Å². The maximum Gasteiger partial charge on any atom is 0.490 e. The third-order valence-corrected chi connectivity index (χ3v) is 3.67. The number of halogens is 3. The predicted octanol–water partition coefficient (Wildman–Crippen LogP) is 2.36. The number of benzene rings is 1. The molecule has 0 aliphatic heterocycles. The van der Waals surface area contributed by atoms with Crippen molar-refractivity contribution in [3.63, 3.8) is 0 Å². The quantitative estimate of drug-likeness (QED) is 0.676. The lowest BCUT2D eigenvalue weighted by molar-refractivity contribution is -0.192. The van der Waals surface area contributed by atoms with Gasteiger partial charge in [0.15, 0.2) is 0 Å². The fourth-order valence-electron chi connectivity index (χ4n) is 1.73. The van der Waals surface area contributed by atoms with Gasteiger partial charge in [-0.05, 0) is 37.4 Å². The van der Waals surface area contributed by atoms with Crippen molar-refractivity contribution >= 4 is 23.6 Å². The first-order chi connectivity index (χ1) is 12.5. The van der Waals surface area contributed by atoms with Gasteiger partial charge < -0.3 is 15.4 Å². The second-order valence-electron chi connectivity index (χ2n) is 5.05. The van der Waals surface area contributed by atoms with Gasteiger partial charge in [0.05, 0.1) is 6.54 Å². The minimum Gasteiger partial charge on any atom is -0.475 e. The van der Waals surface area contributed by atoms with Gasteiger partial charge >= 0.3 is 12.1 Å². The summed E-state index contributed by atoms with van der Waals surface area (Å²) in [5.74, 6) is -2.50. The van der Waals surface area contributed by atoms with Crippen molar-refractivity contribution in [1.82, 2.24) is 15.3 Å². The van der Waals surface area contributed by atoms with Gasteiger partial charge in [-0.3, -0.25) is 9.59 Å². The van der Waals surface area contributed by atoms with Gasteiger partial charge in [0.1, 0.15) is 5.82 Å². The average Bonchev–Trinajstić information content (AvgIpc) is 2.58. The van der Waals surface area contributed by atoms with Gasteiger partial charge in [-0.1, -0.05) is 0 Å². The molecule has 11 heteroatoms. The molecule has 0 saturated carbocycles. The van der Waals surface area contributed by atoms with E-state index in [1.54, 1.807) is 30.8 Å². The van der Waals surface area contributed by atoms with E-state index >= 15 is 0 Å².